The molecule has 0 saturated heterocycles. The molecule has 6 heteroatoms. The van der Waals surface area contributed by atoms with Crippen LogP contribution in [0.15, 0.2) is 24.3 Å². The molecule has 218 valence electrons. The van der Waals surface area contributed by atoms with Gasteiger partial charge in [-0.15, -0.1) is 0 Å². The van der Waals surface area contributed by atoms with E-state index in [9.17, 15) is 19.8 Å². The minimum atomic E-state index is -0.323. The lowest BCUT2D eigenvalue weighted by Gasteiger charge is -2.24. The fraction of sp³-hybridized carbons (Fsp3) is 0.588. The standard InChI is InChI=1S/C34H46O6/c1-23-19-25(21-29(33(23)37)27-9-5-3-6-10-27)13-15-31(35)39-17-18-40-32(36)16-14-26-20-24(2)34(38)30(22-26)28-11-7-4-8-12-28/h19-22,27-28,37-38H,3-18H2,1-2H3. The van der Waals surface area contributed by atoms with Crippen molar-refractivity contribution in [2.45, 2.75) is 116 Å². The van der Waals surface area contributed by atoms with E-state index in [0.717, 1.165) is 59.1 Å². The minimum Gasteiger partial charge on any atom is -0.507 e. The van der Waals surface area contributed by atoms with Crippen molar-refractivity contribution in [3.8, 4) is 11.5 Å². The number of carbonyl (C=O) groups is 2. The van der Waals surface area contributed by atoms with Crippen LogP contribution in [-0.2, 0) is 31.9 Å². The second-order valence-electron chi connectivity index (χ2n) is 11.8. The highest BCUT2D eigenvalue weighted by Gasteiger charge is 2.22. The molecular formula is C34H46O6. The number of benzene rings is 2. The van der Waals surface area contributed by atoms with Gasteiger partial charge in [-0.05, 0) is 97.6 Å². The maximum atomic E-state index is 12.3. The molecular weight excluding hydrogens is 504 g/mol. The molecule has 0 aromatic heterocycles. The summed E-state index contributed by atoms with van der Waals surface area (Å²) in [6, 6.07) is 8.01. The lowest BCUT2D eigenvalue weighted by atomic mass is 9.82. The third kappa shape index (κ3) is 8.25. The second-order valence-corrected chi connectivity index (χ2v) is 11.8. The summed E-state index contributed by atoms with van der Waals surface area (Å²) < 4.78 is 10.6. The molecule has 4 rings (SSSR count). The van der Waals surface area contributed by atoms with Crippen LogP contribution in [0.2, 0.25) is 0 Å². The lowest BCUT2D eigenvalue weighted by Crippen LogP contribution is -2.15. The first-order chi connectivity index (χ1) is 19.3. The van der Waals surface area contributed by atoms with Crippen molar-refractivity contribution < 1.29 is 29.3 Å². The summed E-state index contributed by atoms with van der Waals surface area (Å²) in [5, 5.41) is 21.2. The molecule has 2 aromatic carbocycles. The molecule has 0 unspecified atom stereocenters. The quantitative estimate of drug-likeness (QED) is 0.223. The van der Waals surface area contributed by atoms with Gasteiger partial charge in [-0.3, -0.25) is 9.59 Å². The number of hydrogen-bond acceptors (Lipinski definition) is 6. The molecule has 40 heavy (non-hydrogen) atoms. The SMILES string of the molecule is Cc1cc(CCC(=O)OCCOC(=O)CCc2cc(C)c(O)c(C3CCCCC3)c2)cc(C2CCCCC2)c1O. The molecule has 2 N–H and O–H groups in total. The number of phenols is 2. The number of ether oxygens (including phenoxy) is 2. The first kappa shape index (κ1) is 30.0. The van der Waals surface area contributed by atoms with Gasteiger partial charge in [0.2, 0.25) is 0 Å². The molecule has 0 heterocycles. The van der Waals surface area contributed by atoms with Crippen molar-refractivity contribution in [1.82, 2.24) is 0 Å². The molecule has 6 nitrogen and oxygen atoms in total. The highest BCUT2D eigenvalue weighted by atomic mass is 16.6. The molecule has 2 aliphatic rings. The summed E-state index contributed by atoms with van der Waals surface area (Å²) in [7, 11) is 0. The average molecular weight is 551 g/mol. The Morgan fingerprint density at radius 1 is 0.650 bits per heavy atom. The Kier molecular flexibility index (Phi) is 10.9. The van der Waals surface area contributed by atoms with Crippen LogP contribution in [0.1, 0.15) is 122 Å². The van der Waals surface area contributed by atoms with Gasteiger partial charge < -0.3 is 19.7 Å². The van der Waals surface area contributed by atoms with E-state index in [1.54, 1.807) is 0 Å². The van der Waals surface area contributed by atoms with E-state index in [0.29, 0.717) is 36.2 Å². The van der Waals surface area contributed by atoms with Crippen molar-refractivity contribution in [3.05, 3.63) is 57.6 Å². The van der Waals surface area contributed by atoms with Crippen molar-refractivity contribution in [1.29, 1.82) is 0 Å². The predicted molar refractivity (Wildman–Crippen MR) is 156 cm³/mol. The lowest BCUT2D eigenvalue weighted by molar-refractivity contribution is -0.152. The average Bonchev–Trinajstić information content (AvgIpc) is 2.97. The van der Waals surface area contributed by atoms with E-state index in [4.69, 9.17) is 9.47 Å². The molecule has 2 fully saturated rings. The van der Waals surface area contributed by atoms with E-state index in [1.807, 2.05) is 26.0 Å². The molecule has 0 aliphatic heterocycles. The van der Waals surface area contributed by atoms with Crippen molar-refractivity contribution in [3.63, 3.8) is 0 Å². The van der Waals surface area contributed by atoms with Crippen LogP contribution >= 0.6 is 0 Å². The fourth-order valence-electron chi connectivity index (χ4n) is 6.45. The molecule has 2 aromatic rings. The van der Waals surface area contributed by atoms with Gasteiger partial charge in [0.25, 0.3) is 0 Å². The van der Waals surface area contributed by atoms with E-state index in [-0.39, 0.29) is 38.0 Å². The zero-order valence-electron chi connectivity index (χ0n) is 24.3. The third-order valence-corrected chi connectivity index (χ3v) is 8.71. The molecule has 0 atom stereocenters. The second kappa shape index (κ2) is 14.6. The van der Waals surface area contributed by atoms with Crippen LogP contribution in [0.5, 0.6) is 11.5 Å². The first-order valence-electron chi connectivity index (χ1n) is 15.3. The van der Waals surface area contributed by atoms with Crippen LogP contribution in [0.4, 0.5) is 0 Å². The van der Waals surface area contributed by atoms with Crippen molar-refractivity contribution >= 4 is 11.9 Å². The first-order valence-corrected chi connectivity index (χ1v) is 15.3. The Bertz CT molecular complexity index is 1070. The maximum absolute atomic E-state index is 12.3. The largest absolute Gasteiger partial charge is 0.507 e. The number of hydrogen-bond donors (Lipinski definition) is 2. The highest BCUT2D eigenvalue weighted by Crippen LogP contribution is 2.40. The Labute approximate surface area is 239 Å². The Morgan fingerprint density at radius 2 is 1.02 bits per heavy atom. The highest BCUT2D eigenvalue weighted by molar-refractivity contribution is 5.70. The topological polar surface area (TPSA) is 93.1 Å². The van der Waals surface area contributed by atoms with Gasteiger partial charge in [-0.2, -0.15) is 0 Å². The summed E-state index contributed by atoms with van der Waals surface area (Å²) in [6.07, 6.45) is 13.3. The Balaban J connectivity index is 1.17. The third-order valence-electron chi connectivity index (χ3n) is 8.71. The van der Waals surface area contributed by atoms with Crippen LogP contribution in [0, 0.1) is 13.8 Å². The van der Waals surface area contributed by atoms with Crippen LogP contribution in [0.25, 0.3) is 0 Å². The normalized spacial score (nSPS) is 16.6. The maximum Gasteiger partial charge on any atom is 0.306 e. The molecule has 0 radical (unpaired) electrons. The summed E-state index contributed by atoms with van der Waals surface area (Å²) in [5.74, 6) is 0.930. The summed E-state index contributed by atoms with van der Waals surface area (Å²) in [6.45, 7) is 3.90. The van der Waals surface area contributed by atoms with Gasteiger partial charge >= 0.3 is 11.9 Å². The number of esters is 2. The van der Waals surface area contributed by atoms with Gasteiger partial charge in [0.05, 0.1) is 0 Å². The Morgan fingerprint density at radius 3 is 1.40 bits per heavy atom. The zero-order valence-corrected chi connectivity index (χ0v) is 24.3. The predicted octanol–water partition coefficient (Wildman–Crippen LogP) is 7.46. The van der Waals surface area contributed by atoms with Crippen LogP contribution in [0.3, 0.4) is 0 Å². The van der Waals surface area contributed by atoms with Crippen molar-refractivity contribution in [2.75, 3.05) is 13.2 Å². The van der Waals surface area contributed by atoms with Crippen LogP contribution in [-0.4, -0.2) is 35.4 Å². The summed E-state index contributed by atoms with van der Waals surface area (Å²) >= 11 is 0. The monoisotopic (exact) mass is 550 g/mol. The number of aryl methyl sites for hydroxylation is 4. The van der Waals surface area contributed by atoms with E-state index in [1.165, 1.54) is 38.5 Å². The summed E-state index contributed by atoms with van der Waals surface area (Å²) in [4.78, 5) is 24.6. The number of aromatic hydroxyl groups is 2. The van der Waals surface area contributed by atoms with Gasteiger partial charge in [-0.1, -0.05) is 62.8 Å². The number of phenolic OH excluding ortho intramolecular Hbond substituents is 2. The molecule has 2 aliphatic carbocycles. The van der Waals surface area contributed by atoms with E-state index >= 15 is 0 Å². The van der Waals surface area contributed by atoms with Gasteiger partial charge in [0.1, 0.15) is 24.7 Å². The Hall–Kier alpha value is -3.02. The van der Waals surface area contributed by atoms with E-state index < -0.39 is 0 Å². The smallest absolute Gasteiger partial charge is 0.306 e. The molecule has 0 amide bonds. The van der Waals surface area contributed by atoms with Gasteiger partial charge in [0.15, 0.2) is 0 Å². The fourth-order valence-corrected chi connectivity index (χ4v) is 6.45. The van der Waals surface area contributed by atoms with E-state index in [2.05, 4.69) is 12.1 Å². The van der Waals surface area contributed by atoms with Crippen molar-refractivity contribution in [2.24, 2.45) is 0 Å². The minimum absolute atomic E-state index is 0.0383. The summed E-state index contributed by atoms with van der Waals surface area (Å²) in [5.41, 5.74) is 5.81. The zero-order chi connectivity index (χ0) is 28.5. The van der Waals surface area contributed by atoms with Crippen LogP contribution < -0.4 is 0 Å². The molecule has 0 bridgehead atoms. The number of carbonyl (C=O) groups excluding carboxylic acids is 2. The molecule has 0 spiro atoms. The molecule has 2 saturated carbocycles. The number of rotatable bonds is 11. The van der Waals surface area contributed by atoms with Gasteiger partial charge in [0, 0.05) is 12.8 Å². The van der Waals surface area contributed by atoms with Gasteiger partial charge in [-0.25, -0.2) is 0 Å².